The summed E-state index contributed by atoms with van der Waals surface area (Å²) < 4.78 is 29.6. The lowest BCUT2D eigenvalue weighted by atomic mass is 10.0. The highest BCUT2D eigenvalue weighted by Gasteiger charge is 2.51. The minimum absolute atomic E-state index is 0.0150. The predicted octanol–water partition coefficient (Wildman–Crippen LogP) is 2.89. The Bertz CT molecular complexity index is 1900. The van der Waals surface area contributed by atoms with Crippen LogP contribution in [0.5, 0.6) is 0 Å². The van der Waals surface area contributed by atoms with E-state index in [0.29, 0.717) is 22.3 Å². The van der Waals surface area contributed by atoms with Crippen LogP contribution >= 0.6 is 11.8 Å². The van der Waals surface area contributed by atoms with Gasteiger partial charge in [-0.2, -0.15) is 4.31 Å². The summed E-state index contributed by atoms with van der Waals surface area (Å²) in [5.74, 6) is -2.33. The number of carboxylic acids is 1. The van der Waals surface area contributed by atoms with E-state index < -0.39 is 44.4 Å². The van der Waals surface area contributed by atoms with Crippen molar-refractivity contribution >= 4 is 50.6 Å². The number of nitrogens with zero attached hydrogens (tertiary/aromatic N) is 4. The highest BCUT2D eigenvalue weighted by atomic mass is 32.2. The molecule has 2 aromatic heterocycles. The lowest BCUT2D eigenvalue weighted by Gasteiger charge is -2.30. The molecule has 1 saturated heterocycles. The standard InChI is InChI=1S/C30H31N5O7S2/c1-4-25(36)35-24-10-6-5-9-23(24)34(29(35)40)20-13-11-19(12-14-20)16-22(28(38)39)32-27(37)26-30(2,3)43-18-33(26)44(41,42)21-8-7-15-31-17-21/h5-15,17,22,26H,4,16,18H2,1-3H3,(H,32,37)(H,38,39)/t22-,26+/m0/s1. The predicted molar refractivity (Wildman–Crippen MR) is 165 cm³/mol. The summed E-state index contributed by atoms with van der Waals surface area (Å²) in [5, 5.41) is 12.5. The summed E-state index contributed by atoms with van der Waals surface area (Å²) in [7, 11) is -4.08. The number of thioether (sulfide) groups is 1. The van der Waals surface area contributed by atoms with Gasteiger partial charge in [-0.15, -0.1) is 11.8 Å². The summed E-state index contributed by atoms with van der Waals surface area (Å²) in [6.45, 7) is 5.15. The van der Waals surface area contributed by atoms with Crippen molar-refractivity contribution in [2.45, 2.75) is 55.3 Å². The molecule has 1 fully saturated rings. The van der Waals surface area contributed by atoms with Crippen molar-refractivity contribution < 1.29 is 27.9 Å². The minimum Gasteiger partial charge on any atom is -0.480 e. The third kappa shape index (κ3) is 5.67. The van der Waals surface area contributed by atoms with E-state index in [9.17, 15) is 32.7 Å². The third-order valence-corrected chi connectivity index (χ3v) is 10.9. The largest absolute Gasteiger partial charge is 0.480 e. The molecule has 0 spiro atoms. The van der Waals surface area contributed by atoms with Gasteiger partial charge < -0.3 is 10.4 Å². The summed E-state index contributed by atoms with van der Waals surface area (Å²) in [4.78, 5) is 55.4. The van der Waals surface area contributed by atoms with Crippen molar-refractivity contribution in [2.75, 3.05) is 5.88 Å². The monoisotopic (exact) mass is 637 g/mol. The fraction of sp³-hybridized carbons (Fsp3) is 0.300. The minimum atomic E-state index is -4.08. The number of hydrogen-bond donors (Lipinski definition) is 2. The molecule has 0 saturated carbocycles. The Morgan fingerprint density at radius 2 is 1.75 bits per heavy atom. The van der Waals surface area contributed by atoms with Crippen LogP contribution in [0.4, 0.5) is 0 Å². The summed E-state index contributed by atoms with van der Waals surface area (Å²) >= 11 is 1.28. The number of pyridine rings is 1. The van der Waals surface area contributed by atoms with Gasteiger partial charge in [0.15, 0.2) is 0 Å². The number of imidazole rings is 1. The average molecular weight is 638 g/mol. The second-order valence-corrected chi connectivity index (χ2v) is 14.3. The first-order valence-electron chi connectivity index (χ1n) is 13.8. The second-order valence-electron chi connectivity index (χ2n) is 10.8. The molecule has 0 radical (unpaired) electrons. The van der Waals surface area contributed by atoms with Gasteiger partial charge in [0.1, 0.15) is 17.0 Å². The third-order valence-electron chi connectivity index (χ3n) is 7.55. The van der Waals surface area contributed by atoms with E-state index in [1.54, 1.807) is 69.3 Å². The number of sulfonamides is 1. The maximum atomic E-state index is 13.6. The van der Waals surface area contributed by atoms with E-state index in [2.05, 4.69) is 10.3 Å². The molecule has 230 valence electrons. The zero-order valence-electron chi connectivity index (χ0n) is 24.2. The van der Waals surface area contributed by atoms with E-state index >= 15 is 0 Å². The van der Waals surface area contributed by atoms with Crippen LogP contribution in [-0.4, -0.2) is 72.4 Å². The number of nitrogens with one attached hydrogen (secondary N) is 1. The number of carbonyl (C=O) groups is 3. The number of benzene rings is 2. The van der Waals surface area contributed by atoms with Gasteiger partial charge in [0.2, 0.25) is 21.8 Å². The number of carboxylic acid groups (broad SMARTS) is 1. The van der Waals surface area contributed by atoms with E-state index in [0.717, 1.165) is 8.87 Å². The Balaban J connectivity index is 1.39. The Hall–Kier alpha value is -4.27. The number of rotatable bonds is 9. The number of hydrogen-bond acceptors (Lipinski definition) is 8. The Morgan fingerprint density at radius 3 is 2.36 bits per heavy atom. The summed E-state index contributed by atoms with van der Waals surface area (Å²) in [6, 6.07) is 13.9. The van der Waals surface area contributed by atoms with Gasteiger partial charge in [0.05, 0.1) is 22.6 Å². The molecule has 14 heteroatoms. The number of amides is 1. The number of carbonyl (C=O) groups excluding carboxylic acids is 2. The van der Waals surface area contributed by atoms with Gasteiger partial charge >= 0.3 is 11.7 Å². The molecule has 1 aliphatic rings. The molecule has 4 aromatic rings. The lowest BCUT2D eigenvalue weighted by Crippen LogP contribution is -2.56. The molecular formula is C30H31N5O7S2. The van der Waals surface area contributed by atoms with Crippen molar-refractivity contribution in [3.05, 3.63) is 89.1 Å². The van der Waals surface area contributed by atoms with Crippen LogP contribution < -0.4 is 11.0 Å². The van der Waals surface area contributed by atoms with E-state index in [-0.39, 0.29) is 29.5 Å². The Kier molecular flexibility index (Phi) is 8.51. The molecule has 0 aliphatic carbocycles. The summed E-state index contributed by atoms with van der Waals surface area (Å²) in [5.41, 5.74) is 1.56. The van der Waals surface area contributed by atoms with Gasteiger partial charge in [-0.25, -0.2) is 22.6 Å². The maximum absolute atomic E-state index is 13.6. The maximum Gasteiger partial charge on any atom is 0.340 e. The number of aliphatic carboxylic acids is 1. The van der Waals surface area contributed by atoms with E-state index in [4.69, 9.17) is 0 Å². The highest BCUT2D eigenvalue weighted by Crippen LogP contribution is 2.42. The molecule has 0 bridgehead atoms. The van der Waals surface area contributed by atoms with Crippen LogP contribution in [0.2, 0.25) is 0 Å². The normalized spacial score (nSPS) is 17.4. The fourth-order valence-electron chi connectivity index (χ4n) is 5.28. The van der Waals surface area contributed by atoms with Crippen LogP contribution in [-0.2, 0) is 26.0 Å². The zero-order chi connectivity index (χ0) is 31.8. The van der Waals surface area contributed by atoms with Gasteiger partial charge in [0, 0.05) is 30.0 Å². The van der Waals surface area contributed by atoms with Gasteiger partial charge in [-0.1, -0.05) is 31.2 Å². The van der Waals surface area contributed by atoms with Gasteiger partial charge in [-0.05, 0) is 55.8 Å². The molecule has 44 heavy (non-hydrogen) atoms. The Labute approximate surface area is 257 Å². The van der Waals surface area contributed by atoms with Crippen LogP contribution in [0, 0.1) is 0 Å². The van der Waals surface area contributed by atoms with Crippen LogP contribution in [0.25, 0.3) is 16.7 Å². The molecule has 0 unspecified atom stereocenters. The first kappa shape index (κ1) is 31.2. The Morgan fingerprint density at radius 1 is 1.07 bits per heavy atom. The highest BCUT2D eigenvalue weighted by molar-refractivity contribution is 8.02. The van der Waals surface area contributed by atoms with Crippen molar-refractivity contribution in [1.29, 1.82) is 0 Å². The molecule has 12 nitrogen and oxygen atoms in total. The topological polar surface area (TPSA) is 161 Å². The fourth-order valence-corrected chi connectivity index (χ4v) is 8.42. The van der Waals surface area contributed by atoms with Crippen LogP contribution in [0.1, 0.15) is 37.6 Å². The SMILES string of the molecule is CCC(=O)n1c(=O)n(-c2ccc(C[C@H](NC(=O)[C@H]3N(S(=O)(=O)c4cccnc4)CSC3(C)C)C(=O)O)cc2)c2ccccc21. The summed E-state index contributed by atoms with van der Waals surface area (Å²) in [6.07, 6.45) is 2.71. The molecule has 3 heterocycles. The molecule has 2 N–H and O–H groups in total. The zero-order valence-corrected chi connectivity index (χ0v) is 25.8. The van der Waals surface area contributed by atoms with Crippen LogP contribution in [0.3, 0.4) is 0 Å². The van der Waals surface area contributed by atoms with E-state index in [1.807, 2.05) is 0 Å². The smallest absolute Gasteiger partial charge is 0.340 e. The molecule has 5 rings (SSSR count). The lowest BCUT2D eigenvalue weighted by molar-refractivity contribution is -0.142. The van der Waals surface area contributed by atoms with Gasteiger partial charge in [0.25, 0.3) is 0 Å². The van der Waals surface area contributed by atoms with Crippen molar-refractivity contribution in [2.24, 2.45) is 0 Å². The molecule has 1 amide bonds. The first-order valence-corrected chi connectivity index (χ1v) is 16.2. The number of aromatic nitrogens is 3. The van der Waals surface area contributed by atoms with Gasteiger partial charge in [-0.3, -0.25) is 19.1 Å². The molecule has 2 atom stereocenters. The molecule has 2 aromatic carbocycles. The first-order chi connectivity index (χ1) is 20.9. The van der Waals surface area contributed by atoms with Crippen molar-refractivity contribution in [3.8, 4) is 5.69 Å². The van der Waals surface area contributed by atoms with Crippen molar-refractivity contribution in [3.63, 3.8) is 0 Å². The second kappa shape index (κ2) is 12.0. The molecule has 1 aliphatic heterocycles. The van der Waals surface area contributed by atoms with Crippen molar-refractivity contribution in [1.82, 2.24) is 23.7 Å². The number of fused-ring (bicyclic) bond motifs is 1. The van der Waals surface area contributed by atoms with E-state index in [1.165, 1.54) is 40.9 Å². The number of para-hydroxylation sites is 2. The quantitative estimate of drug-likeness (QED) is 0.281. The van der Waals surface area contributed by atoms with Crippen LogP contribution in [0.15, 0.2) is 82.7 Å². The molecular weight excluding hydrogens is 606 g/mol. The average Bonchev–Trinajstić information content (AvgIpc) is 3.49.